The van der Waals surface area contributed by atoms with Gasteiger partial charge in [0.05, 0.1) is 29.4 Å². The Bertz CT molecular complexity index is 1380. The summed E-state index contributed by atoms with van der Waals surface area (Å²) in [6, 6.07) is 19.0. The molecule has 6 rings (SSSR count). The number of furan rings is 1. The molecule has 4 aromatic rings. The second-order valence-electron chi connectivity index (χ2n) is 9.77. The van der Waals surface area contributed by atoms with Crippen molar-refractivity contribution >= 4 is 21.6 Å². The monoisotopic (exact) mass is 499 g/mol. The summed E-state index contributed by atoms with van der Waals surface area (Å²) < 4.78 is 8.96. The molecule has 0 radical (unpaired) electrons. The molecule has 2 aromatic carbocycles. The summed E-state index contributed by atoms with van der Waals surface area (Å²) in [5.41, 5.74) is 7.88. The molecule has 1 aliphatic carbocycles. The molecular formula is C28H26BrN3O. The third-order valence-electron chi connectivity index (χ3n) is 7.21. The third kappa shape index (κ3) is 3.24. The number of aromatic nitrogens is 2. The Balaban J connectivity index is 1.61. The van der Waals surface area contributed by atoms with Crippen molar-refractivity contribution in [1.29, 1.82) is 0 Å². The zero-order valence-electron chi connectivity index (χ0n) is 19.0. The Kier molecular flexibility index (Phi) is 4.73. The molecule has 33 heavy (non-hydrogen) atoms. The molecule has 0 amide bonds. The van der Waals surface area contributed by atoms with E-state index in [1.165, 1.54) is 18.4 Å². The number of benzene rings is 2. The smallest absolute Gasteiger partial charge is 0.154 e. The van der Waals surface area contributed by atoms with E-state index in [9.17, 15) is 0 Å². The van der Waals surface area contributed by atoms with Crippen LogP contribution in [0.25, 0.3) is 17.1 Å². The molecule has 0 unspecified atom stereocenters. The zero-order valence-corrected chi connectivity index (χ0v) is 20.6. The number of aliphatic imine (C=N–C) groups is 1. The second kappa shape index (κ2) is 7.56. The van der Waals surface area contributed by atoms with E-state index in [1.807, 2.05) is 24.5 Å². The van der Waals surface area contributed by atoms with Crippen molar-refractivity contribution in [3.05, 3.63) is 94.0 Å². The topological polar surface area (TPSA) is 43.3 Å². The first-order valence-electron chi connectivity index (χ1n) is 11.5. The van der Waals surface area contributed by atoms with Crippen LogP contribution in [0.15, 0.2) is 81.1 Å². The average Bonchev–Trinajstić information content (AvgIpc) is 3.44. The highest BCUT2D eigenvalue weighted by molar-refractivity contribution is 9.10. The number of imidazole rings is 1. The molecule has 166 valence electrons. The largest absolute Gasteiger partial charge is 0.463 e. The van der Waals surface area contributed by atoms with Gasteiger partial charge >= 0.3 is 0 Å². The maximum Gasteiger partial charge on any atom is 0.154 e. The molecular weight excluding hydrogens is 474 g/mol. The first-order chi connectivity index (χ1) is 15.9. The lowest BCUT2D eigenvalue weighted by Crippen LogP contribution is -2.37. The van der Waals surface area contributed by atoms with Gasteiger partial charge in [0, 0.05) is 15.6 Å². The normalized spacial score (nSPS) is 23.8. The minimum absolute atomic E-state index is 0.0927. The van der Waals surface area contributed by atoms with E-state index >= 15 is 0 Å². The minimum Gasteiger partial charge on any atom is -0.463 e. The van der Waals surface area contributed by atoms with Crippen molar-refractivity contribution < 1.29 is 4.42 Å². The number of rotatable bonds is 3. The molecule has 1 saturated carbocycles. The summed E-state index contributed by atoms with van der Waals surface area (Å²) in [7, 11) is 0. The summed E-state index contributed by atoms with van der Waals surface area (Å²) in [6.07, 6.45) is 6.05. The highest BCUT2D eigenvalue weighted by Gasteiger charge is 2.40. The molecule has 1 atom stereocenters. The van der Waals surface area contributed by atoms with E-state index in [0.717, 1.165) is 50.1 Å². The van der Waals surface area contributed by atoms with Crippen LogP contribution >= 0.6 is 15.9 Å². The van der Waals surface area contributed by atoms with Crippen molar-refractivity contribution in [2.45, 2.75) is 45.1 Å². The highest BCUT2D eigenvalue weighted by atomic mass is 79.9. The van der Waals surface area contributed by atoms with Gasteiger partial charge in [-0.15, -0.1) is 0 Å². The number of fused-ring (bicyclic) bond motifs is 3. The standard InChI is InChI=1S/C28H26BrN3O/c1-17-14-28(3,15-17)19-10-11-23-21(13-19)25(20-7-4-5-8-22(20)29)31-18(2)27-26(30-16-32(23)27)24-9-6-12-33-24/h4-13,16-18H,14-15H2,1-3H3/t17?,18-,28?/m1/s1. The van der Waals surface area contributed by atoms with Crippen molar-refractivity contribution in [1.82, 2.24) is 9.55 Å². The zero-order chi connectivity index (χ0) is 22.7. The SMILES string of the molecule is CC1CC(C)(c2ccc3c(c2)C(c2ccccc2Br)=N[C@H](C)c2c(-c4ccco4)ncn2-3)C1. The maximum atomic E-state index is 5.72. The van der Waals surface area contributed by atoms with Crippen molar-refractivity contribution in [2.24, 2.45) is 10.9 Å². The molecule has 2 aliphatic rings. The fraction of sp³-hybridized carbons (Fsp3) is 0.286. The van der Waals surface area contributed by atoms with E-state index in [2.05, 4.69) is 77.7 Å². The number of nitrogens with zero attached hydrogens (tertiary/aromatic N) is 3. The Hall–Kier alpha value is -2.92. The van der Waals surface area contributed by atoms with Gasteiger partial charge < -0.3 is 4.42 Å². The van der Waals surface area contributed by atoms with Gasteiger partial charge in [0.15, 0.2) is 5.76 Å². The van der Waals surface area contributed by atoms with Gasteiger partial charge in [0.25, 0.3) is 0 Å². The van der Waals surface area contributed by atoms with Crippen LogP contribution in [-0.4, -0.2) is 15.3 Å². The van der Waals surface area contributed by atoms with Gasteiger partial charge in [-0.25, -0.2) is 4.98 Å². The van der Waals surface area contributed by atoms with Gasteiger partial charge in [0.2, 0.25) is 0 Å². The predicted octanol–water partition coefficient (Wildman–Crippen LogP) is 7.49. The third-order valence-corrected chi connectivity index (χ3v) is 7.90. The summed E-state index contributed by atoms with van der Waals surface area (Å²) >= 11 is 3.78. The Morgan fingerprint density at radius 2 is 1.85 bits per heavy atom. The quantitative estimate of drug-likeness (QED) is 0.293. The van der Waals surface area contributed by atoms with E-state index in [4.69, 9.17) is 14.4 Å². The molecule has 0 saturated heterocycles. The summed E-state index contributed by atoms with van der Waals surface area (Å²) in [6.45, 7) is 6.87. The summed E-state index contributed by atoms with van der Waals surface area (Å²) in [5, 5.41) is 0. The number of halogens is 1. The van der Waals surface area contributed by atoms with Crippen LogP contribution in [0.3, 0.4) is 0 Å². The fourth-order valence-corrected chi connectivity index (χ4v) is 6.24. The first-order valence-corrected chi connectivity index (χ1v) is 12.3. The summed E-state index contributed by atoms with van der Waals surface area (Å²) in [5.74, 6) is 1.55. The van der Waals surface area contributed by atoms with Crippen LogP contribution in [0, 0.1) is 5.92 Å². The fourth-order valence-electron chi connectivity index (χ4n) is 5.77. The van der Waals surface area contributed by atoms with E-state index in [0.29, 0.717) is 0 Å². The Morgan fingerprint density at radius 3 is 2.58 bits per heavy atom. The van der Waals surface area contributed by atoms with E-state index < -0.39 is 0 Å². The molecule has 0 bridgehead atoms. The predicted molar refractivity (Wildman–Crippen MR) is 135 cm³/mol. The maximum absolute atomic E-state index is 5.72. The van der Waals surface area contributed by atoms with Crippen molar-refractivity contribution in [3.63, 3.8) is 0 Å². The second-order valence-corrected chi connectivity index (χ2v) is 10.6. The molecule has 2 aromatic heterocycles. The lowest BCUT2D eigenvalue weighted by molar-refractivity contribution is 0.178. The van der Waals surface area contributed by atoms with Gasteiger partial charge in [-0.1, -0.05) is 54.0 Å². The average molecular weight is 500 g/mol. The molecule has 5 heteroatoms. The Morgan fingerprint density at radius 1 is 1.03 bits per heavy atom. The van der Waals surface area contributed by atoms with Crippen LogP contribution in [0.1, 0.15) is 62.0 Å². The van der Waals surface area contributed by atoms with Crippen LogP contribution in [-0.2, 0) is 5.41 Å². The minimum atomic E-state index is -0.0927. The van der Waals surface area contributed by atoms with Crippen LogP contribution < -0.4 is 0 Å². The molecule has 1 fully saturated rings. The molecule has 3 heterocycles. The van der Waals surface area contributed by atoms with Crippen molar-refractivity contribution in [3.8, 4) is 17.1 Å². The molecule has 0 N–H and O–H groups in total. The van der Waals surface area contributed by atoms with Gasteiger partial charge in [-0.3, -0.25) is 9.56 Å². The molecule has 0 spiro atoms. The van der Waals surface area contributed by atoms with Gasteiger partial charge in [-0.2, -0.15) is 0 Å². The van der Waals surface area contributed by atoms with Crippen molar-refractivity contribution in [2.75, 3.05) is 0 Å². The van der Waals surface area contributed by atoms with Crippen LogP contribution in [0.5, 0.6) is 0 Å². The lowest BCUT2D eigenvalue weighted by atomic mass is 9.60. The number of hydrogen-bond acceptors (Lipinski definition) is 3. The lowest BCUT2D eigenvalue weighted by Gasteiger charge is -2.44. The number of hydrogen-bond donors (Lipinski definition) is 0. The van der Waals surface area contributed by atoms with Gasteiger partial charge in [-0.05, 0) is 67.0 Å². The first kappa shape index (κ1) is 20.7. The Labute approximate surface area is 202 Å². The van der Waals surface area contributed by atoms with Crippen LogP contribution in [0.4, 0.5) is 0 Å². The van der Waals surface area contributed by atoms with Crippen LogP contribution in [0.2, 0.25) is 0 Å². The molecule has 1 aliphatic heterocycles. The highest BCUT2D eigenvalue weighted by Crippen LogP contribution is 2.48. The van der Waals surface area contributed by atoms with E-state index in [1.54, 1.807) is 6.26 Å². The van der Waals surface area contributed by atoms with Gasteiger partial charge in [0.1, 0.15) is 12.0 Å². The summed E-state index contributed by atoms with van der Waals surface area (Å²) in [4.78, 5) is 10.0. The van der Waals surface area contributed by atoms with E-state index in [-0.39, 0.29) is 11.5 Å². The molecule has 4 nitrogen and oxygen atoms in total.